The zero-order chi connectivity index (χ0) is 13.9. The van der Waals surface area contributed by atoms with Crippen molar-refractivity contribution in [2.24, 2.45) is 5.41 Å². The Bertz CT molecular complexity index is 446. The van der Waals surface area contributed by atoms with Crippen LogP contribution in [0.5, 0.6) is 5.75 Å². The number of aromatic hydroxyl groups is 1. The summed E-state index contributed by atoms with van der Waals surface area (Å²) in [6.07, 6.45) is 1.24. The molecule has 0 aliphatic rings. The average Bonchev–Trinajstić information content (AvgIpc) is 2.23. The first kappa shape index (κ1) is 15.2. The van der Waals surface area contributed by atoms with Gasteiger partial charge >= 0.3 is 0 Å². The first-order chi connectivity index (χ1) is 8.25. The van der Waals surface area contributed by atoms with E-state index in [0.717, 1.165) is 5.56 Å². The van der Waals surface area contributed by atoms with Crippen molar-refractivity contribution in [3.05, 3.63) is 21.4 Å². The molecule has 18 heavy (non-hydrogen) atoms. The van der Waals surface area contributed by atoms with Crippen molar-refractivity contribution >= 4 is 33.9 Å². The number of amides is 1. The van der Waals surface area contributed by atoms with Gasteiger partial charge in [-0.3, -0.25) is 4.79 Å². The van der Waals surface area contributed by atoms with Gasteiger partial charge < -0.3 is 10.4 Å². The second-order valence-corrected chi connectivity index (χ2v) is 6.26. The largest absolute Gasteiger partial charge is 0.505 e. The van der Waals surface area contributed by atoms with Gasteiger partial charge in [-0.05, 0) is 39.4 Å². The molecular weight excluding hydrogens is 320 g/mol. The predicted octanol–water partition coefficient (Wildman–Crippen LogP) is 2.91. The zero-order valence-electron chi connectivity index (χ0n) is 10.5. The van der Waals surface area contributed by atoms with E-state index in [2.05, 4.69) is 26.2 Å². The van der Waals surface area contributed by atoms with Crippen molar-refractivity contribution in [3.63, 3.8) is 0 Å². The highest BCUT2D eigenvalue weighted by molar-refractivity contribution is 9.10. The van der Waals surface area contributed by atoms with E-state index < -0.39 is 0 Å². The summed E-state index contributed by atoms with van der Waals surface area (Å²) in [7, 11) is 0. The highest BCUT2D eigenvalue weighted by atomic mass is 79.9. The summed E-state index contributed by atoms with van der Waals surface area (Å²) >= 11 is 9.02. The SMILES string of the molecule is CC(C)(C)C(Cc1cc(O)c(Cl)nc1Br)NC=O. The molecule has 0 aliphatic carbocycles. The van der Waals surface area contributed by atoms with Crippen LogP contribution in [0.25, 0.3) is 0 Å². The Balaban J connectivity index is 3.01. The van der Waals surface area contributed by atoms with E-state index in [1.54, 1.807) is 6.07 Å². The lowest BCUT2D eigenvalue weighted by molar-refractivity contribution is -0.110. The van der Waals surface area contributed by atoms with Crippen LogP contribution in [0.1, 0.15) is 26.3 Å². The van der Waals surface area contributed by atoms with E-state index in [1.807, 2.05) is 20.8 Å². The third kappa shape index (κ3) is 3.85. The Labute approximate surface area is 120 Å². The molecule has 6 heteroatoms. The molecule has 0 spiro atoms. The van der Waals surface area contributed by atoms with Gasteiger partial charge in [-0.25, -0.2) is 4.98 Å². The van der Waals surface area contributed by atoms with Crippen molar-refractivity contribution < 1.29 is 9.90 Å². The number of nitrogens with zero attached hydrogens (tertiary/aromatic N) is 1. The fourth-order valence-electron chi connectivity index (χ4n) is 1.56. The molecule has 1 rings (SSSR count). The third-order valence-corrected chi connectivity index (χ3v) is 3.69. The van der Waals surface area contributed by atoms with Crippen molar-refractivity contribution in [2.75, 3.05) is 0 Å². The van der Waals surface area contributed by atoms with E-state index >= 15 is 0 Å². The molecule has 1 aromatic heterocycles. The van der Waals surface area contributed by atoms with Gasteiger partial charge in [0.1, 0.15) is 4.60 Å². The molecule has 0 saturated heterocycles. The summed E-state index contributed by atoms with van der Waals surface area (Å²) in [5.74, 6) is -0.0615. The monoisotopic (exact) mass is 334 g/mol. The highest BCUT2D eigenvalue weighted by Gasteiger charge is 2.25. The van der Waals surface area contributed by atoms with Gasteiger partial charge in [0, 0.05) is 6.04 Å². The second-order valence-electron chi connectivity index (χ2n) is 5.16. The predicted molar refractivity (Wildman–Crippen MR) is 74.8 cm³/mol. The molecule has 0 saturated carbocycles. The van der Waals surface area contributed by atoms with E-state index in [-0.39, 0.29) is 22.4 Å². The number of carbonyl (C=O) groups is 1. The van der Waals surface area contributed by atoms with Crippen molar-refractivity contribution in [2.45, 2.75) is 33.2 Å². The minimum atomic E-state index is -0.102. The van der Waals surface area contributed by atoms with E-state index in [4.69, 9.17) is 11.6 Å². The number of carbonyl (C=O) groups excluding carboxylic acids is 1. The molecule has 4 nitrogen and oxygen atoms in total. The van der Waals surface area contributed by atoms with Crippen LogP contribution in [-0.2, 0) is 11.2 Å². The van der Waals surface area contributed by atoms with Crippen LogP contribution in [0.4, 0.5) is 0 Å². The highest BCUT2D eigenvalue weighted by Crippen LogP contribution is 2.30. The maximum absolute atomic E-state index is 10.6. The first-order valence-electron chi connectivity index (χ1n) is 5.49. The van der Waals surface area contributed by atoms with E-state index in [1.165, 1.54) is 0 Å². The number of aromatic nitrogens is 1. The van der Waals surface area contributed by atoms with Gasteiger partial charge in [-0.1, -0.05) is 32.4 Å². The summed E-state index contributed by atoms with van der Waals surface area (Å²) in [4.78, 5) is 14.6. The number of rotatable bonds is 4. The topological polar surface area (TPSA) is 62.2 Å². The summed E-state index contributed by atoms with van der Waals surface area (Å²) < 4.78 is 0.576. The summed E-state index contributed by atoms with van der Waals surface area (Å²) in [5, 5.41) is 12.4. The molecule has 0 aromatic carbocycles. The number of halogens is 2. The van der Waals surface area contributed by atoms with Gasteiger partial charge in [0.25, 0.3) is 0 Å². The Morgan fingerprint density at radius 2 is 2.22 bits per heavy atom. The van der Waals surface area contributed by atoms with Crippen LogP contribution in [0.15, 0.2) is 10.7 Å². The van der Waals surface area contributed by atoms with Gasteiger partial charge in [0.05, 0.1) is 0 Å². The fraction of sp³-hybridized carbons (Fsp3) is 0.500. The quantitative estimate of drug-likeness (QED) is 0.657. The van der Waals surface area contributed by atoms with Crippen molar-refractivity contribution in [3.8, 4) is 5.75 Å². The molecule has 0 radical (unpaired) electrons. The lowest BCUT2D eigenvalue weighted by atomic mass is 9.83. The Kier molecular flexibility index (Phi) is 4.99. The molecular formula is C12H16BrClN2O2. The molecule has 1 aromatic rings. The molecule has 100 valence electrons. The minimum Gasteiger partial charge on any atom is -0.505 e. The molecule has 1 heterocycles. The Morgan fingerprint density at radius 3 is 2.72 bits per heavy atom. The summed E-state index contributed by atoms with van der Waals surface area (Å²) in [6.45, 7) is 6.10. The van der Waals surface area contributed by atoms with Crippen LogP contribution in [0.2, 0.25) is 5.15 Å². The summed E-state index contributed by atoms with van der Waals surface area (Å²) in [5.41, 5.74) is 0.696. The Morgan fingerprint density at radius 1 is 1.61 bits per heavy atom. The molecule has 0 bridgehead atoms. The standard InChI is InChI=1S/C12H16BrClN2O2/c1-12(2,3)9(15-6-17)5-7-4-8(18)11(14)16-10(7)13/h4,6,9,18H,5H2,1-3H3,(H,15,17). The van der Waals surface area contributed by atoms with Gasteiger partial charge in [0.2, 0.25) is 6.41 Å². The minimum absolute atomic E-state index is 0.0567. The fourth-order valence-corrected chi connectivity index (χ4v) is 2.25. The molecule has 0 aliphatic heterocycles. The van der Waals surface area contributed by atoms with E-state index in [9.17, 15) is 9.90 Å². The molecule has 1 unspecified atom stereocenters. The van der Waals surface area contributed by atoms with E-state index in [0.29, 0.717) is 17.4 Å². The Hall–Kier alpha value is -0.810. The number of hydrogen-bond acceptors (Lipinski definition) is 3. The average molecular weight is 336 g/mol. The number of pyridine rings is 1. The van der Waals surface area contributed by atoms with Crippen molar-refractivity contribution in [1.82, 2.24) is 10.3 Å². The second kappa shape index (κ2) is 5.89. The maximum atomic E-state index is 10.6. The van der Waals surface area contributed by atoms with Crippen molar-refractivity contribution in [1.29, 1.82) is 0 Å². The maximum Gasteiger partial charge on any atom is 0.207 e. The van der Waals surface area contributed by atoms with Crippen LogP contribution in [0.3, 0.4) is 0 Å². The summed E-state index contributed by atoms with van der Waals surface area (Å²) in [6, 6.07) is 1.50. The zero-order valence-corrected chi connectivity index (χ0v) is 12.8. The number of nitrogens with one attached hydrogen (secondary N) is 1. The van der Waals surface area contributed by atoms with Gasteiger partial charge in [-0.2, -0.15) is 0 Å². The van der Waals surface area contributed by atoms with Crippen LogP contribution < -0.4 is 5.32 Å². The normalized spacial score (nSPS) is 13.2. The lowest BCUT2D eigenvalue weighted by Crippen LogP contribution is -2.41. The molecule has 1 atom stereocenters. The van der Waals surface area contributed by atoms with Gasteiger partial charge in [-0.15, -0.1) is 0 Å². The van der Waals surface area contributed by atoms with Crippen LogP contribution >= 0.6 is 27.5 Å². The van der Waals surface area contributed by atoms with Crippen LogP contribution in [0, 0.1) is 5.41 Å². The smallest absolute Gasteiger partial charge is 0.207 e. The molecule has 2 N–H and O–H groups in total. The number of hydrogen-bond donors (Lipinski definition) is 2. The van der Waals surface area contributed by atoms with Crippen LogP contribution in [-0.4, -0.2) is 22.5 Å². The molecule has 0 fully saturated rings. The first-order valence-corrected chi connectivity index (χ1v) is 6.66. The lowest BCUT2D eigenvalue weighted by Gasteiger charge is -2.30. The van der Waals surface area contributed by atoms with Gasteiger partial charge in [0.15, 0.2) is 10.9 Å². The third-order valence-electron chi connectivity index (χ3n) is 2.72. The molecule has 1 amide bonds.